The summed E-state index contributed by atoms with van der Waals surface area (Å²) in [5.74, 6) is 1.08. The number of hydrogen-bond donors (Lipinski definition) is 0. The average Bonchev–Trinajstić information content (AvgIpc) is 2.25. The van der Waals surface area contributed by atoms with Crippen molar-refractivity contribution in [1.82, 2.24) is 0 Å². The molecule has 1 atom stereocenters. The van der Waals surface area contributed by atoms with Gasteiger partial charge in [-0.15, -0.1) is 0 Å². The molecule has 0 spiro atoms. The van der Waals surface area contributed by atoms with Crippen molar-refractivity contribution in [2.45, 2.75) is 85.2 Å². The molecule has 1 fully saturated rings. The summed E-state index contributed by atoms with van der Waals surface area (Å²) < 4.78 is 6.00. The van der Waals surface area contributed by atoms with Gasteiger partial charge in [0.15, 0.2) is 0 Å². The van der Waals surface area contributed by atoms with Gasteiger partial charge in [-0.3, -0.25) is 0 Å². The van der Waals surface area contributed by atoms with Crippen LogP contribution in [0.4, 0.5) is 0 Å². The van der Waals surface area contributed by atoms with Crippen LogP contribution in [0.2, 0.25) is 0 Å². The van der Waals surface area contributed by atoms with E-state index in [0.29, 0.717) is 11.8 Å². The molecule has 0 heterocycles. The molecule has 1 aliphatic rings. The number of carbonyl (C=O) groups is 1. The molecule has 2 heteroatoms. The molecule has 0 bridgehead atoms. The van der Waals surface area contributed by atoms with Gasteiger partial charge in [-0.25, -0.2) is 0 Å². The Morgan fingerprint density at radius 2 is 2.05 bits per heavy atom. The molecule has 0 saturated heterocycles. The van der Waals surface area contributed by atoms with Crippen molar-refractivity contribution >= 4 is 5.78 Å². The summed E-state index contributed by atoms with van der Waals surface area (Å²) in [7, 11) is 0. The van der Waals surface area contributed by atoms with E-state index >= 15 is 0 Å². The summed E-state index contributed by atoms with van der Waals surface area (Å²) in [6.45, 7) is 11.5. The Balaban J connectivity index is 2.23. The van der Waals surface area contributed by atoms with Crippen molar-refractivity contribution in [3.8, 4) is 0 Å². The monoisotopic (exact) mass is 268 g/mol. The van der Waals surface area contributed by atoms with Gasteiger partial charge in [0.25, 0.3) is 0 Å². The molecule has 1 rings (SSSR count). The smallest absolute Gasteiger partial charge is 0.129 e. The Labute approximate surface area is 119 Å². The van der Waals surface area contributed by atoms with E-state index in [1.807, 2.05) is 0 Å². The Morgan fingerprint density at radius 3 is 2.63 bits per heavy atom. The van der Waals surface area contributed by atoms with Crippen molar-refractivity contribution in [3.05, 3.63) is 0 Å². The number of hydrogen-bond acceptors (Lipinski definition) is 2. The second-order valence-corrected chi connectivity index (χ2v) is 7.73. The van der Waals surface area contributed by atoms with Crippen molar-refractivity contribution in [1.29, 1.82) is 0 Å². The molecule has 19 heavy (non-hydrogen) atoms. The van der Waals surface area contributed by atoms with Crippen molar-refractivity contribution in [3.63, 3.8) is 0 Å². The van der Waals surface area contributed by atoms with Crippen LogP contribution in [-0.2, 0) is 9.53 Å². The molecule has 112 valence electrons. The molecule has 1 aliphatic carbocycles. The fourth-order valence-corrected chi connectivity index (χ4v) is 3.15. The van der Waals surface area contributed by atoms with E-state index in [2.05, 4.69) is 27.7 Å². The number of ether oxygens (including phenoxy) is 1. The highest BCUT2D eigenvalue weighted by Gasteiger charge is 2.28. The van der Waals surface area contributed by atoms with Gasteiger partial charge < -0.3 is 9.53 Å². The minimum Gasteiger partial charge on any atom is -0.376 e. The number of ketones is 1. The third-order valence-electron chi connectivity index (χ3n) is 4.41. The topological polar surface area (TPSA) is 26.3 Å². The van der Waals surface area contributed by atoms with Crippen LogP contribution < -0.4 is 0 Å². The van der Waals surface area contributed by atoms with Crippen LogP contribution in [-0.4, -0.2) is 18.0 Å². The van der Waals surface area contributed by atoms with Crippen LogP contribution >= 0.6 is 0 Å². The molecule has 0 aliphatic heterocycles. The predicted molar refractivity (Wildman–Crippen MR) is 80.3 cm³/mol. The average molecular weight is 268 g/mol. The van der Waals surface area contributed by atoms with Gasteiger partial charge in [0.1, 0.15) is 5.78 Å². The maximum absolute atomic E-state index is 11.0. The molecule has 2 nitrogen and oxygen atoms in total. The fraction of sp³-hybridized carbons (Fsp3) is 0.941. The van der Waals surface area contributed by atoms with E-state index in [1.165, 1.54) is 32.1 Å². The molecular formula is C17H32O2. The quantitative estimate of drug-likeness (QED) is 0.665. The maximum Gasteiger partial charge on any atom is 0.129 e. The highest BCUT2D eigenvalue weighted by atomic mass is 16.5. The molecule has 0 aromatic rings. The Morgan fingerprint density at radius 1 is 1.37 bits per heavy atom. The van der Waals surface area contributed by atoms with Crippen LogP contribution in [0, 0.1) is 11.3 Å². The molecule has 0 N–H and O–H groups in total. The molecule has 0 radical (unpaired) electrons. The summed E-state index contributed by atoms with van der Waals surface area (Å²) in [6.07, 6.45) is 8.07. The molecular weight excluding hydrogens is 236 g/mol. The first-order valence-electron chi connectivity index (χ1n) is 7.84. The van der Waals surface area contributed by atoms with Gasteiger partial charge in [0, 0.05) is 13.0 Å². The first-order valence-corrected chi connectivity index (χ1v) is 7.84. The highest BCUT2D eigenvalue weighted by Crippen LogP contribution is 2.39. The zero-order chi connectivity index (χ0) is 14.5. The zero-order valence-electron chi connectivity index (χ0n) is 13.6. The third-order valence-corrected chi connectivity index (χ3v) is 4.41. The van der Waals surface area contributed by atoms with E-state index in [1.54, 1.807) is 6.92 Å². The highest BCUT2D eigenvalue weighted by molar-refractivity contribution is 5.75. The van der Waals surface area contributed by atoms with Crippen LogP contribution in [0.1, 0.15) is 79.6 Å². The first kappa shape index (κ1) is 16.7. The minimum absolute atomic E-state index is 0.157. The largest absolute Gasteiger partial charge is 0.376 e. The van der Waals surface area contributed by atoms with Crippen LogP contribution in [0.15, 0.2) is 0 Å². The third kappa shape index (κ3) is 7.10. The van der Waals surface area contributed by atoms with E-state index < -0.39 is 0 Å². The van der Waals surface area contributed by atoms with Gasteiger partial charge in [-0.2, -0.15) is 0 Å². The molecule has 0 amide bonds. The summed E-state index contributed by atoms with van der Waals surface area (Å²) >= 11 is 0. The number of carbonyl (C=O) groups excluding carboxylic acids is 1. The SMILES string of the molecule is CC(=O)CCC(C)(C)OCCC1CCCC(C)(C)C1. The Bertz CT molecular complexity index is 292. The molecule has 1 unspecified atom stereocenters. The Kier molecular flexibility index (Phi) is 6.04. The summed E-state index contributed by atoms with van der Waals surface area (Å²) in [5.41, 5.74) is 0.364. The van der Waals surface area contributed by atoms with Gasteiger partial charge in [-0.05, 0) is 57.8 Å². The Hall–Kier alpha value is -0.370. The second kappa shape index (κ2) is 6.88. The zero-order valence-corrected chi connectivity index (χ0v) is 13.6. The number of rotatable bonds is 7. The van der Waals surface area contributed by atoms with Crippen molar-refractivity contribution < 1.29 is 9.53 Å². The lowest BCUT2D eigenvalue weighted by atomic mass is 9.71. The van der Waals surface area contributed by atoms with Crippen LogP contribution in [0.3, 0.4) is 0 Å². The molecule has 0 aromatic heterocycles. The standard InChI is InChI=1S/C17H32O2/c1-14(18)8-11-17(4,5)19-12-9-15-7-6-10-16(2,3)13-15/h15H,6-13H2,1-5H3. The lowest BCUT2D eigenvalue weighted by molar-refractivity contribution is -0.118. The number of Topliss-reactive ketones (excluding diaryl/α,β-unsaturated/α-hetero) is 1. The van der Waals surface area contributed by atoms with Gasteiger partial charge in [0.05, 0.1) is 5.60 Å². The lowest BCUT2D eigenvalue weighted by Crippen LogP contribution is -2.28. The van der Waals surface area contributed by atoms with Gasteiger partial charge in [-0.1, -0.05) is 26.7 Å². The fourth-order valence-electron chi connectivity index (χ4n) is 3.15. The summed E-state index contributed by atoms with van der Waals surface area (Å²) in [6, 6.07) is 0. The van der Waals surface area contributed by atoms with E-state index in [0.717, 1.165) is 18.9 Å². The van der Waals surface area contributed by atoms with Crippen LogP contribution in [0.5, 0.6) is 0 Å². The summed E-state index contributed by atoms with van der Waals surface area (Å²) in [4.78, 5) is 11.0. The van der Waals surface area contributed by atoms with E-state index in [4.69, 9.17) is 4.74 Å². The predicted octanol–water partition coefficient (Wildman–Crippen LogP) is 4.76. The lowest BCUT2D eigenvalue weighted by Gasteiger charge is -2.36. The maximum atomic E-state index is 11.0. The molecule has 1 saturated carbocycles. The van der Waals surface area contributed by atoms with Gasteiger partial charge in [0.2, 0.25) is 0 Å². The van der Waals surface area contributed by atoms with Crippen molar-refractivity contribution in [2.75, 3.05) is 6.61 Å². The minimum atomic E-state index is -0.157. The van der Waals surface area contributed by atoms with E-state index in [9.17, 15) is 4.79 Å². The normalized spacial score (nSPS) is 23.3. The van der Waals surface area contributed by atoms with Gasteiger partial charge >= 0.3 is 0 Å². The van der Waals surface area contributed by atoms with E-state index in [-0.39, 0.29) is 11.4 Å². The molecule has 0 aromatic carbocycles. The second-order valence-electron chi connectivity index (χ2n) is 7.73. The van der Waals surface area contributed by atoms with Crippen molar-refractivity contribution in [2.24, 2.45) is 11.3 Å². The first-order chi connectivity index (χ1) is 8.70. The van der Waals surface area contributed by atoms with Crippen LogP contribution in [0.25, 0.3) is 0 Å². The summed E-state index contributed by atoms with van der Waals surface area (Å²) in [5, 5.41) is 0.